The zero-order valence-corrected chi connectivity index (χ0v) is 13.0. The molecule has 5 nitrogen and oxygen atoms in total. The molecule has 2 aromatic rings. The zero-order valence-electron chi connectivity index (χ0n) is 13.0. The minimum atomic E-state index is 0.334. The summed E-state index contributed by atoms with van der Waals surface area (Å²) >= 11 is 0. The summed E-state index contributed by atoms with van der Waals surface area (Å²) in [4.78, 5) is 12.0. The van der Waals surface area contributed by atoms with Crippen LogP contribution in [0.4, 0.5) is 0 Å². The number of rotatable bonds is 3. The van der Waals surface area contributed by atoms with Gasteiger partial charge in [0.2, 0.25) is 0 Å². The maximum atomic E-state index is 4.81. The largest absolute Gasteiger partial charge is 0.291 e. The third-order valence-corrected chi connectivity index (χ3v) is 4.15. The third-order valence-electron chi connectivity index (χ3n) is 4.15. The van der Waals surface area contributed by atoms with Crippen molar-refractivity contribution in [3.63, 3.8) is 0 Å². The van der Waals surface area contributed by atoms with Crippen molar-refractivity contribution in [2.75, 3.05) is 6.54 Å². The SMILES string of the molecule is Cc1cc(-c2ccn[nH]2)nc([C@@H]2CCCCN2C(C)C)n1. The smallest absolute Gasteiger partial charge is 0.146 e. The van der Waals surface area contributed by atoms with Crippen molar-refractivity contribution in [2.45, 2.75) is 52.1 Å². The van der Waals surface area contributed by atoms with Crippen LogP contribution < -0.4 is 0 Å². The lowest BCUT2D eigenvalue weighted by molar-refractivity contribution is 0.106. The van der Waals surface area contributed by atoms with Gasteiger partial charge in [-0.15, -0.1) is 0 Å². The third kappa shape index (κ3) is 2.97. The molecule has 0 spiro atoms. The Labute approximate surface area is 125 Å². The Bertz CT molecular complexity index is 591. The van der Waals surface area contributed by atoms with Gasteiger partial charge in [0, 0.05) is 17.9 Å². The van der Waals surface area contributed by atoms with Crippen LogP contribution in [0.3, 0.4) is 0 Å². The van der Waals surface area contributed by atoms with Gasteiger partial charge in [-0.05, 0) is 52.3 Å². The molecule has 0 amide bonds. The molecule has 21 heavy (non-hydrogen) atoms. The van der Waals surface area contributed by atoms with E-state index in [1.54, 1.807) is 6.20 Å². The Hall–Kier alpha value is -1.75. The first-order valence-corrected chi connectivity index (χ1v) is 7.76. The Morgan fingerprint density at radius 2 is 2.14 bits per heavy atom. The molecule has 2 aromatic heterocycles. The van der Waals surface area contributed by atoms with E-state index in [-0.39, 0.29) is 0 Å². The Morgan fingerprint density at radius 3 is 2.86 bits per heavy atom. The second kappa shape index (κ2) is 5.93. The molecule has 1 aliphatic heterocycles. The first-order valence-electron chi connectivity index (χ1n) is 7.76. The molecule has 112 valence electrons. The van der Waals surface area contributed by atoms with Crippen LogP contribution in [0.25, 0.3) is 11.4 Å². The number of hydrogen-bond donors (Lipinski definition) is 1. The molecule has 5 heteroatoms. The average Bonchev–Trinajstić information content (AvgIpc) is 3.01. The van der Waals surface area contributed by atoms with Crippen LogP contribution in [0.1, 0.15) is 50.7 Å². The number of aryl methyl sites for hydroxylation is 1. The van der Waals surface area contributed by atoms with Gasteiger partial charge >= 0.3 is 0 Å². The molecule has 1 saturated heterocycles. The van der Waals surface area contributed by atoms with Crippen molar-refractivity contribution in [3.8, 4) is 11.4 Å². The highest BCUT2D eigenvalue weighted by Crippen LogP contribution is 2.31. The predicted molar refractivity (Wildman–Crippen MR) is 82.8 cm³/mol. The predicted octanol–water partition coefficient (Wildman–Crippen LogP) is 3.11. The van der Waals surface area contributed by atoms with E-state index in [1.165, 1.54) is 12.8 Å². The van der Waals surface area contributed by atoms with Crippen molar-refractivity contribution >= 4 is 0 Å². The number of piperidine rings is 1. The molecular weight excluding hydrogens is 262 g/mol. The van der Waals surface area contributed by atoms with Gasteiger partial charge < -0.3 is 0 Å². The van der Waals surface area contributed by atoms with Crippen molar-refractivity contribution in [3.05, 3.63) is 29.8 Å². The fraction of sp³-hybridized carbons (Fsp3) is 0.562. The van der Waals surface area contributed by atoms with Gasteiger partial charge in [-0.3, -0.25) is 10.00 Å². The molecule has 1 atom stereocenters. The molecule has 0 unspecified atom stereocenters. The normalized spacial score (nSPS) is 20.1. The van der Waals surface area contributed by atoms with E-state index in [2.05, 4.69) is 28.9 Å². The molecule has 1 fully saturated rings. The van der Waals surface area contributed by atoms with Gasteiger partial charge in [0.15, 0.2) is 0 Å². The van der Waals surface area contributed by atoms with Gasteiger partial charge in [-0.25, -0.2) is 9.97 Å². The van der Waals surface area contributed by atoms with Gasteiger partial charge in [-0.1, -0.05) is 6.42 Å². The van der Waals surface area contributed by atoms with Crippen LogP contribution in [-0.4, -0.2) is 37.7 Å². The topological polar surface area (TPSA) is 57.7 Å². The Balaban J connectivity index is 1.97. The Morgan fingerprint density at radius 1 is 1.29 bits per heavy atom. The first-order chi connectivity index (χ1) is 10.1. The average molecular weight is 285 g/mol. The number of aromatic amines is 1. The summed E-state index contributed by atoms with van der Waals surface area (Å²) in [5, 5.41) is 7.01. The molecular formula is C16H23N5. The molecule has 0 aliphatic carbocycles. The van der Waals surface area contributed by atoms with E-state index in [0.717, 1.165) is 35.9 Å². The van der Waals surface area contributed by atoms with E-state index < -0.39 is 0 Å². The molecule has 3 rings (SSSR count). The van der Waals surface area contributed by atoms with Crippen molar-refractivity contribution < 1.29 is 0 Å². The van der Waals surface area contributed by atoms with Crippen LogP contribution in [-0.2, 0) is 0 Å². The monoisotopic (exact) mass is 285 g/mol. The van der Waals surface area contributed by atoms with E-state index in [1.807, 2.05) is 19.1 Å². The zero-order chi connectivity index (χ0) is 14.8. The fourth-order valence-electron chi connectivity index (χ4n) is 3.13. The van der Waals surface area contributed by atoms with Crippen LogP contribution in [0, 0.1) is 6.92 Å². The summed E-state index contributed by atoms with van der Waals surface area (Å²) in [6.07, 6.45) is 5.43. The second-order valence-corrected chi connectivity index (χ2v) is 6.07. The standard InChI is InChI=1S/C16H23N5/c1-11(2)21-9-5-4-6-15(21)16-18-12(3)10-14(19-16)13-7-8-17-20-13/h7-8,10-11,15H,4-6,9H2,1-3H3,(H,17,20)/t15-/m0/s1. The van der Waals surface area contributed by atoms with Crippen molar-refractivity contribution in [1.29, 1.82) is 0 Å². The summed E-state index contributed by atoms with van der Waals surface area (Å²) in [6, 6.07) is 4.82. The summed E-state index contributed by atoms with van der Waals surface area (Å²) in [6.45, 7) is 7.68. The van der Waals surface area contributed by atoms with Crippen LogP contribution in [0.15, 0.2) is 18.3 Å². The maximum absolute atomic E-state index is 4.81. The summed E-state index contributed by atoms with van der Waals surface area (Å²) in [5.41, 5.74) is 2.90. The van der Waals surface area contributed by atoms with Gasteiger partial charge in [0.25, 0.3) is 0 Å². The van der Waals surface area contributed by atoms with E-state index in [0.29, 0.717) is 12.1 Å². The quantitative estimate of drug-likeness (QED) is 0.941. The molecule has 1 aliphatic rings. The lowest BCUT2D eigenvalue weighted by atomic mass is 9.99. The number of hydrogen-bond acceptors (Lipinski definition) is 4. The highest BCUT2D eigenvalue weighted by atomic mass is 15.2. The molecule has 0 radical (unpaired) electrons. The van der Waals surface area contributed by atoms with Gasteiger partial charge in [0.1, 0.15) is 5.82 Å². The summed E-state index contributed by atoms with van der Waals surface area (Å²) in [5.74, 6) is 0.952. The molecule has 0 bridgehead atoms. The summed E-state index contributed by atoms with van der Waals surface area (Å²) < 4.78 is 0. The lowest BCUT2D eigenvalue weighted by Gasteiger charge is -2.37. The number of likely N-dealkylation sites (tertiary alicyclic amines) is 1. The molecule has 1 N–H and O–H groups in total. The highest BCUT2D eigenvalue weighted by Gasteiger charge is 2.28. The van der Waals surface area contributed by atoms with Crippen molar-refractivity contribution in [1.82, 2.24) is 25.1 Å². The summed E-state index contributed by atoms with van der Waals surface area (Å²) in [7, 11) is 0. The van der Waals surface area contributed by atoms with Gasteiger partial charge in [-0.2, -0.15) is 5.10 Å². The number of H-pyrrole nitrogens is 1. The van der Waals surface area contributed by atoms with Crippen LogP contribution >= 0.6 is 0 Å². The second-order valence-electron chi connectivity index (χ2n) is 6.07. The minimum absolute atomic E-state index is 0.334. The molecule has 3 heterocycles. The number of nitrogens with one attached hydrogen (secondary N) is 1. The maximum Gasteiger partial charge on any atom is 0.146 e. The van der Waals surface area contributed by atoms with Crippen LogP contribution in [0.2, 0.25) is 0 Å². The molecule has 0 saturated carbocycles. The fourth-order valence-corrected chi connectivity index (χ4v) is 3.13. The van der Waals surface area contributed by atoms with Gasteiger partial charge in [0.05, 0.1) is 17.4 Å². The highest BCUT2D eigenvalue weighted by molar-refractivity contribution is 5.53. The van der Waals surface area contributed by atoms with E-state index >= 15 is 0 Å². The lowest BCUT2D eigenvalue weighted by Crippen LogP contribution is -2.39. The van der Waals surface area contributed by atoms with E-state index in [9.17, 15) is 0 Å². The first kappa shape index (κ1) is 14.2. The number of nitrogens with zero attached hydrogens (tertiary/aromatic N) is 4. The van der Waals surface area contributed by atoms with E-state index in [4.69, 9.17) is 9.97 Å². The van der Waals surface area contributed by atoms with Crippen LogP contribution in [0.5, 0.6) is 0 Å². The van der Waals surface area contributed by atoms with Crippen molar-refractivity contribution in [2.24, 2.45) is 0 Å². The Kier molecular flexibility index (Phi) is 4.01. The minimum Gasteiger partial charge on any atom is -0.291 e. The molecule has 0 aromatic carbocycles. The number of aromatic nitrogens is 4.